The van der Waals surface area contributed by atoms with E-state index in [1.807, 2.05) is 39.0 Å². The lowest BCUT2D eigenvalue weighted by Crippen LogP contribution is -2.41. The van der Waals surface area contributed by atoms with Crippen molar-refractivity contribution < 1.29 is 9.53 Å². The summed E-state index contributed by atoms with van der Waals surface area (Å²) < 4.78 is 6.05. The molecule has 3 heteroatoms. The molecule has 3 rings (SSSR count). The number of aryl methyl sites for hydroxylation is 3. The zero-order chi connectivity index (χ0) is 17.8. The molecule has 0 spiro atoms. The van der Waals surface area contributed by atoms with Gasteiger partial charge in [0.15, 0.2) is 6.10 Å². The van der Waals surface area contributed by atoms with E-state index in [2.05, 4.69) is 29.6 Å². The van der Waals surface area contributed by atoms with Gasteiger partial charge in [-0.2, -0.15) is 0 Å². The van der Waals surface area contributed by atoms with Gasteiger partial charge >= 0.3 is 0 Å². The molecular formula is C22H27NO2. The van der Waals surface area contributed by atoms with Crippen molar-refractivity contribution in [2.24, 2.45) is 0 Å². The van der Waals surface area contributed by atoms with E-state index >= 15 is 0 Å². The van der Waals surface area contributed by atoms with Crippen molar-refractivity contribution in [3.05, 3.63) is 64.7 Å². The summed E-state index contributed by atoms with van der Waals surface area (Å²) >= 11 is 0. The van der Waals surface area contributed by atoms with Gasteiger partial charge in [-0.25, -0.2) is 0 Å². The zero-order valence-corrected chi connectivity index (χ0v) is 15.3. The minimum absolute atomic E-state index is 0.0230. The molecule has 0 aliphatic heterocycles. The Morgan fingerprint density at radius 1 is 1.24 bits per heavy atom. The maximum Gasteiger partial charge on any atom is 0.261 e. The molecule has 25 heavy (non-hydrogen) atoms. The number of carbonyl (C=O) groups excluding carboxylic acids is 1. The van der Waals surface area contributed by atoms with Gasteiger partial charge in [-0.05, 0) is 67.9 Å². The largest absolute Gasteiger partial charge is 0.480 e. The number of rotatable bonds is 5. The highest BCUT2D eigenvalue weighted by molar-refractivity contribution is 5.81. The minimum atomic E-state index is -0.463. The summed E-state index contributed by atoms with van der Waals surface area (Å²) in [5.74, 6) is 0.774. The van der Waals surface area contributed by atoms with E-state index < -0.39 is 6.10 Å². The second-order valence-electron chi connectivity index (χ2n) is 6.94. The number of amides is 1. The van der Waals surface area contributed by atoms with Gasteiger partial charge in [0.25, 0.3) is 5.91 Å². The number of carbonyl (C=O) groups is 1. The first-order chi connectivity index (χ1) is 12.1. The Labute approximate surface area is 150 Å². The first-order valence-corrected chi connectivity index (χ1v) is 9.20. The number of hydrogen-bond donors (Lipinski definition) is 1. The van der Waals surface area contributed by atoms with Gasteiger partial charge in [-0.15, -0.1) is 0 Å². The molecule has 0 bridgehead atoms. The molecular weight excluding hydrogens is 310 g/mol. The summed E-state index contributed by atoms with van der Waals surface area (Å²) in [6.07, 6.45) is 3.38. The van der Waals surface area contributed by atoms with Crippen molar-refractivity contribution >= 4 is 5.91 Å². The Hall–Kier alpha value is -2.29. The Morgan fingerprint density at radius 2 is 2.04 bits per heavy atom. The van der Waals surface area contributed by atoms with Gasteiger partial charge in [0.2, 0.25) is 0 Å². The average Bonchev–Trinajstić information content (AvgIpc) is 2.62. The lowest BCUT2D eigenvalue weighted by Gasteiger charge is -2.28. The maximum atomic E-state index is 12.8. The second-order valence-corrected chi connectivity index (χ2v) is 6.94. The molecule has 3 nitrogen and oxygen atoms in total. The van der Waals surface area contributed by atoms with E-state index in [1.165, 1.54) is 11.1 Å². The summed E-state index contributed by atoms with van der Waals surface area (Å²) in [4.78, 5) is 12.8. The summed E-state index contributed by atoms with van der Waals surface area (Å²) in [7, 11) is 0. The third-order valence-corrected chi connectivity index (χ3v) is 4.96. The van der Waals surface area contributed by atoms with Crippen molar-refractivity contribution in [2.45, 2.75) is 58.6 Å². The number of fused-ring (bicyclic) bond motifs is 1. The van der Waals surface area contributed by atoms with E-state index in [1.54, 1.807) is 0 Å². The van der Waals surface area contributed by atoms with Crippen LogP contribution in [0.15, 0.2) is 42.5 Å². The highest BCUT2D eigenvalue weighted by Gasteiger charge is 2.26. The highest BCUT2D eigenvalue weighted by atomic mass is 16.5. The van der Waals surface area contributed by atoms with Crippen LogP contribution in [0.25, 0.3) is 0 Å². The highest BCUT2D eigenvalue weighted by Crippen LogP contribution is 2.30. The van der Waals surface area contributed by atoms with Crippen LogP contribution in [0.1, 0.15) is 54.5 Å². The molecule has 1 aliphatic rings. The van der Waals surface area contributed by atoms with Gasteiger partial charge in [-0.3, -0.25) is 4.79 Å². The molecule has 1 amide bonds. The van der Waals surface area contributed by atoms with Crippen molar-refractivity contribution in [3.63, 3.8) is 0 Å². The van der Waals surface area contributed by atoms with Gasteiger partial charge in [0.1, 0.15) is 5.75 Å². The molecule has 0 heterocycles. The van der Waals surface area contributed by atoms with Gasteiger partial charge in [-0.1, -0.05) is 43.3 Å². The van der Waals surface area contributed by atoms with Crippen LogP contribution in [0.2, 0.25) is 0 Å². The van der Waals surface area contributed by atoms with Crippen molar-refractivity contribution in [1.82, 2.24) is 5.32 Å². The predicted octanol–water partition coefficient (Wildman–Crippen LogP) is 4.65. The quantitative estimate of drug-likeness (QED) is 0.862. The van der Waals surface area contributed by atoms with Crippen LogP contribution < -0.4 is 10.1 Å². The van der Waals surface area contributed by atoms with E-state index in [4.69, 9.17) is 4.74 Å². The first kappa shape index (κ1) is 17.5. The van der Waals surface area contributed by atoms with Crippen LogP contribution >= 0.6 is 0 Å². The molecule has 1 N–H and O–H groups in total. The Bertz CT molecular complexity index is 753. The van der Waals surface area contributed by atoms with Crippen LogP contribution in [-0.4, -0.2) is 12.0 Å². The fourth-order valence-corrected chi connectivity index (χ4v) is 3.48. The second kappa shape index (κ2) is 7.73. The van der Waals surface area contributed by atoms with Crippen molar-refractivity contribution in [2.75, 3.05) is 0 Å². The van der Waals surface area contributed by atoms with Crippen LogP contribution in [0.5, 0.6) is 5.75 Å². The van der Waals surface area contributed by atoms with Crippen molar-refractivity contribution in [3.8, 4) is 5.75 Å². The first-order valence-electron chi connectivity index (χ1n) is 9.20. The lowest BCUT2D eigenvalue weighted by molar-refractivity contribution is -0.129. The standard InChI is InChI=1S/C22H27NO2/c1-4-20(25-21-14-15(2)12-13-16(21)3)22(24)23-19-11-7-9-17-8-5-6-10-18(17)19/h5-6,8,10,12-14,19-20H,4,7,9,11H2,1-3H3,(H,23,24). The Morgan fingerprint density at radius 3 is 2.84 bits per heavy atom. The van der Waals surface area contributed by atoms with Crippen LogP contribution in [-0.2, 0) is 11.2 Å². The minimum Gasteiger partial charge on any atom is -0.480 e. The lowest BCUT2D eigenvalue weighted by atomic mass is 9.87. The van der Waals surface area contributed by atoms with Gasteiger partial charge < -0.3 is 10.1 Å². The van der Waals surface area contributed by atoms with E-state index in [0.29, 0.717) is 6.42 Å². The molecule has 2 atom stereocenters. The monoisotopic (exact) mass is 337 g/mol. The molecule has 2 unspecified atom stereocenters. The maximum absolute atomic E-state index is 12.8. The number of nitrogens with one attached hydrogen (secondary N) is 1. The molecule has 0 aromatic heterocycles. The summed E-state index contributed by atoms with van der Waals surface area (Å²) in [5, 5.41) is 3.22. The fourth-order valence-electron chi connectivity index (χ4n) is 3.48. The number of hydrogen-bond acceptors (Lipinski definition) is 2. The zero-order valence-electron chi connectivity index (χ0n) is 15.3. The molecule has 0 radical (unpaired) electrons. The molecule has 0 fully saturated rings. The average molecular weight is 337 g/mol. The van der Waals surface area contributed by atoms with Crippen molar-refractivity contribution in [1.29, 1.82) is 0 Å². The summed E-state index contributed by atoms with van der Waals surface area (Å²) in [6, 6.07) is 14.6. The van der Waals surface area contributed by atoms with Gasteiger partial charge in [0.05, 0.1) is 6.04 Å². The summed E-state index contributed by atoms with van der Waals surface area (Å²) in [5.41, 5.74) is 4.79. The third kappa shape index (κ3) is 4.04. The molecule has 2 aromatic carbocycles. The van der Waals surface area contributed by atoms with E-state index in [9.17, 15) is 4.79 Å². The predicted molar refractivity (Wildman–Crippen MR) is 101 cm³/mol. The SMILES string of the molecule is CCC(Oc1cc(C)ccc1C)C(=O)NC1CCCc2ccccc21. The Kier molecular flexibility index (Phi) is 5.42. The number of ether oxygens (including phenoxy) is 1. The molecule has 0 saturated carbocycles. The molecule has 132 valence electrons. The normalized spacial score (nSPS) is 17.5. The molecule has 1 aliphatic carbocycles. The van der Waals surface area contributed by atoms with Crippen LogP contribution in [0.4, 0.5) is 0 Å². The van der Waals surface area contributed by atoms with E-state index in [-0.39, 0.29) is 11.9 Å². The third-order valence-electron chi connectivity index (χ3n) is 4.96. The molecule has 0 saturated heterocycles. The molecule has 2 aromatic rings. The van der Waals surface area contributed by atoms with Crippen LogP contribution in [0, 0.1) is 13.8 Å². The Balaban J connectivity index is 1.72. The topological polar surface area (TPSA) is 38.3 Å². The summed E-state index contributed by atoms with van der Waals surface area (Å²) in [6.45, 7) is 6.03. The fraction of sp³-hybridized carbons (Fsp3) is 0.409. The smallest absolute Gasteiger partial charge is 0.261 e. The van der Waals surface area contributed by atoms with Crippen LogP contribution in [0.3, 0.4) is 0 Å². The number of benzene rings is 2. The van der Waals surface area contributed by atoms with Gasteiger partial charge in [0, 0.05) is 0 Å². The van der Waals surface area contributed by atoms with E-state index in [0.717, 1.165) is 36.1 Å².